The third-order valence-corrected chi connectivity index (χ3v) is 4.70. The number of nitrogens with zero attached hydrogens (tertiary/aromatic N) is 2. The van der Waals surface area contributed by atoms with Crippen LogP contribution in [0, 0.1) is 27.7 Å². The Morgan fingerprint density at radius 1 is 0.905 bits per heavy atom. The molecular weight excluding hydrogens is 256 g/mol. The normalized spacial score (nSPS) is 11.8. The van der Waals surface area contributed by atoms with Crippen molar-refractivity contribution in [3.63, 3.8) is 0 Å². The van der Waals surface area contributed by atoms with Gasteiger partial charge in [-0.3, -0.25) is 4.98 Å². The molecule has 0 N–H and O–H groups in total. The van der Waals surface area contributed by atoms with Crippen molar-refractivity contribution in [2.45, 2.75) is 27.7 Å². The van der Waals surface area contributed by atoms with Crippen molar-refractivity contribution >= 4 is 27.3 Å². The van der Waals surface area contributed by atoms with Crippen LogP contribution >= 0.6 is 0 Å². The topological polar surface area (TPSA) is 17.3 Å². The molecule has 3 aromatic heterocycles. The van der Waals surface area contributed by atoms with Gasteiger partial charge in [0.1, 0.15) is 0 Å². The molecule has 0 fully saturated rings. The van der Waals surface area contributed by atoms with E-state index in [1.807, 2.05) is 6.20 Å². The highest BCUT2D eigenvalue weighted by Crippen LogP contribution is 2.34. The molecule has 0 spiro atoms. The van der Waals surface area contributed by atoms with Crippen molar-refractivity contribution in [2.75, 3.05) is 0 Å². The lowest BCUT2D eigenvalue weighted by atomic mass is 10.1. The Hall–Kier alpha value is -2.35. The lowest BCUT2D eigenvalue weighted by Crippen LogP contribution is -1.95. The summed E-state index contributed by atoms with van der Waals surface area (Å²) in [6, 6.07) is 10.8. The lowest BCUT2D eigenvalue weighted by Gasteiger charge is -2.11. The highest BCUT2D eigenvalue weighted by molar-refractivity contribution is 6.11. The van der Waals surface area contributed by atoms with Crippen molar-refractivity contribution in [1.82, 2.24) is 9.38 Å². The van der Waals surface area contributed by atoms with Gasteiger partial charge in [-0.1, -0.05) is 18.2 Å². The Bertz CT molecular complexity index is 1020. The second-order valence-electron chi connectivity index (χ2n) is 5.95. The zero-order valence-electron chi connectivity index (χ0n) is 12.9. The number of rotatable bonds is 0. The Balaban J connectivity index is 2.48. The highest BCUT2D eigenvalue weighted by Gasteiger charge is 2.16. The van der Waals surface area contributed by atoms with Gasteiger partial charge in [0.15, 0.2) is 0 Å². The average molecular weight is 274 g/mol. The lowest BCUT2D eigenvalue weighted by molar-refractivity contribution is 1.14. The van der Waals surface area contributed by atoms with E-state index < -0.39 is 0 Å². The maximum Gasteiger partial charge on any atom is 0.0816 e. The first-order chi connectivity index (χ1) is 10.1. The summed E-state index contributed by atoms with van der Waals surface area (Å²) >= 11 is 0. The summed E-state index contributed by atoms with van der Waals surface area (Å²) in [5.41, 5.74) is 8.90. The Morgan fingerprint density at radius 2 is 1.67 bits per heavy atom. The molecule has 0 aliphatic rings. The molecule has 2 heteroatoms. The van der Waals surface area contributed by atoms with Crippen LogP contribution in [0.5, 0.6) is 0 Å². The van der Waals surface area contributed by atoms with E-state index in [1.165, 1.54) is 44.2 Å². The molecule has 4 aromatic rings. The van der Waals surface area contributed by atoms with E-state index in [4.69, 9.17) is 4.98 Å². The molecule has 0 aliphatic carbocycles. The molecular formula is C19H18N2. The summed E-state index contributed by atoms with van der Waals surface area (Å²) in [5.74, 6) is 0. The predicted octanol–water partition coefficient (Wildman–Crippen LogP) is 4.87. The summed E-state index contributed by atoms with van der Waals surface area (Å²) in [6.07, 6.45) is 1.96. The molecule has 104 valence electrons. The second kappa shape index (κ2) is 4.08. The first-order valence-corrected chi connectivity index (χ1v) is 7.35. The monoisotopic (exact) mass is 274 g/mol. The Morgan fingerprint density at radius 3 is 2.48 bits per heavy atom. The Kier molecular flexibility index (Phi) is 2.41. The minimum Gasteiger partial charge on any atom is -0.313 e. The van der Waals surface area contributed by atoms with Crippen molar-refractivity contribution in [3.05, 3.63) is 58.9 Å². The third-order valence-electron chi connectivity index (χ3n) is 4.70. The fourth-order valence-corrected chi connectivity index (χ4v) is 3.41. The quantitative estimate of drug-likeness (QED) is 0.418. The number of hydrogen-bond acceptors (Lipinski definition) is 1. The van der Waals surface area contributed by atoms with Gasteiger partial charge in [-0.15, -0.1) is 0 Å². The third kappa shape index (κ3) is 1.50. The van der Waals surface area contributed by atoms with Crippen molar-refractivity contribution in [3.8, 4) is 0 Å². The number of para-hydroxylation sites is 1. The molecule has 4 rings (SSSR count). The molecule has 0 saturated carbocycles. The largest absolute Gasteiger partial charge is 0.313 e. The van der Waals surface area contributed by atoms with Crippen LogP contribution in [0.3, 0.4) is 0 Å². The number of fused-ring (bicyclic) bond motifs is 6. The van der Waals surface area contributed by atoms with Gasteiger partial charge in [0.05, 0.1) is 16.6 Å². The average Bonchev–Trinajstić information content (AvgIpc) is 2.72. The SMILES string of the molecule is Cc1cnc2c3ccccc3n3c(C)c(C)c(C)c3c2c1. The smallest absolute Gasteiger partial charge is 0.0816 e. The van der Waals surface area contributed by atoms with Crippen molar-refractivity contribution in [1.29, 1.82) is 0 Å². The summed E-state index contributed by atoms with van der Waals surface area (Å²) in [6.45, 7) is 8.74. The number of aryl methyl sites for hydroxylation is 3. The van der Waals surface area contributed by atoms with Crippen LogP contribution in [0.1, 0.15) is 22.4 Å². The predicted molar refractivity (Wildman–Crippen MR) is 89.2 cm³/mol. The van der Waals surface area contributed by atoms with Gasteiger partial charge >= 0.3 is 0 Å². The minimum absolute atomic E-state index is 1.10. The minimum atomic E-state index is 1.10. The van der Waals surface area contributed by atoms with Crippen LogP contribution in [0.25, 0.3) is 27.3 Å². The molecule has 0 amide bonds. The number of hydrogen-bond donors (Lipinski definition) is 0. The molecule has 2 nitrogen and oxygen atoms in total. The molecule has 0 unspecified atom stereocenters. The van der Waals surface area contributed by atoms with Crippen LogP contribution in [0.2, 0.25) is 0 Å². The van der Waals surface area contributed by atoms with E-state index in [-0.39, 0.29) is 0 Å². The fourth-order valence-electron chi connectivity index (χ4n) is 3.41. The van der Waals surface area contributed by atoms with E-state index in [1.54, 1.807) is 0 Å². The first-order valence-electron chi connectivity index (χ1n) is 7.35. The van der Waals surface area contributed by atoms with E-state index in [0.717, 1.165) is 5.52 Å². The zero-order chi connectivity index (χ0) is 14.7. The van der Waals surface area contributed by atoms with Gasteiger partial charge in [0, 0.05) is 22.7 Å². The first kappa shape index (κ1) is 12.4. The Labute approximate surface area is 124 Å². The fraction of sp³-hybridized carbons (Fsp3) is 0.211. The van der Waals surface area contributed by atoms with Crippen LogP contribution in [-0.4, -0.2) is 9.38 Å². The number of pyridine rings is 2. The molecule has 0 radical (unpaired) electrons. The van der Waals surface area contributed by atoms with Gasteiger partial charge in [-0.2, -0.15) is 0 Å². The van der Waals surface area contributed by atoms with Gasteiger partial charge in [-0.25, -0.2) is 0 Å². The van der Waals surface area contributed by atoms with Crippen LogP contribution in [0.4, 0.5) is 0 Å². The van der Waals surface area contributed by atoms with Crippen LogP contribution in [0.15, 0.2) is 36.5 Å². The molecule has 3 heterocycles. The van der Waals surface area contributed by atoms with Crippen molar-refractivity contribution < 1.29 is 0 Å². The van der Waals surface area contributed by atoms with E-state index in [9.17, 15) is 0 Å². The van der Waals surface area contributed by atoms with E-state index >= 15 is 0 Å². The summed E-state index contributed by atoms with van der Waals surface area (Å²) in [7, 11) is 0. The molecule has 0 atom stereocenters. The molecule has 0 saturated heterocycles. The van der Waals surface area contributed by atoms with E-state index in [2.05, 4.69) is 62.4 Å². The second-order valence-corrected chi connectivity index (χ2v) is 5.95. The van der Waals surface area contributed by atoms with Gasteiger partial charge in [-0.05, 0) is 56.5 Å². The maximum atomic E-state index is 4.73. The summed E-state index contributed by atoms with van der Waals surface area (Å²) in [5, 5.41) is 2.47. The number of benzene rings is 1. The zero-order valence-corrected chi connectivity index (χ0v) is 12.9. The molecule has 1 aromatic carbocycles. The molecule has 21 heavy (non-hydrogen) atoms. The maximum absolute atomic E-state index is 4.73. The summed E-state index contributed by atoms with van der Waals surface area (Å²) in [4.78, 5) is 4.73. The van der Waals surface area contributed by atoms with Crippen LogP contribution < -0.4 is 0 Å². The van der Waals surface area contributed by atoms with E-state index in [0.29, 0.717) is 0 Å². The van der Waals surface area contributed by atoms with Crippen molar-refractivity contribution in [2.24, 2.45) is 0 Å². The standard InChI is InChI=1S/C19H18N2/c1-11-9-16-18(20-10-11)15-7-5-6-8-17(15)21-14(4)12(2)13(3)19(16)21/h5-10H,1-4H3. The van der Waals surface area contributed by atoms with Gasteiger partial charge < -0.3 is 4.40 Å². The highest BCUT2D eigenvalue weighted by atomic mass is 14.9. The van der Waals surface area contributed by atoms with Gasteiger partial charge in [0.2, 0.25) is 0 Å². The van der Waals surface area contributed by atoms with Gasteiger partial charge in [0.25, 0.3) is 0 Å². The number of aromatic nitrogens is 2. The van der Waals surface area contributed by atoms with Crippen LogP contribution in [-0.2, 0) is 0 Å². The summed E-state index contributed by atoms with van der Waals surface area (Å²) < 4.78 is 2.39. The molecule has 0 aliphatic heterocycles. The molecule has 0 bridgehead atoms.